The van der Waals surface area contributed by atoms with Crippen molar-refractivity contribution in [3.63, 3.8) is 0 Å². The van der Waals surface area contributed by atoms with Crippen LogP contribution in [0.15, 0.2) is 18.2 Å². The highest BCUT2D eigenvalue weighted by molar-refractivity contribution is 5.38. The van der Waals surface area contributed by atoms with E-state index in [9.17, 15) is 0 Å². The Morgan fingerprint density at radius 1 is 1.37 bits per heavy atom. The van der Waals surface area contributed by atoms with E-state index in [-0.39, 0.29) is 0 Å². The molecule has 0 heterocycles. The minimum absolute atomic E-state index is 0.346. The zero-order chi connectivity index (χ0) is 13.9. The van der Waals surface area contributed by atoms with Crippen molar-refractivity contribution in [3.8, 4) is 5.75 Å². The predicted molar refractivity (Wildman–Crippen MR) is 80.7 cm³/mol. The van der Waals surface area contributed by atoms with E-state index < -0.39 is 0 Å². The van der Waals surface area contributed by atoms with Crippen LogP contribution in [-0.2, 0) is 0 Å². The lowest BCUT2D eigenvalue weighted by Crippen LogP contribution is -2.40. The van der Waals surface area contributed by atoms with Gasteiger partial charge in [0.15, 0.2) is 0 Å². The van der Waals surface area contributed by atoms with E-state index in [0.29, 0.717) is 11.5 Å². The predicted octanol–water partition coefficient (Wildman–Crippen LogP) is 4.23. The molecule has 1 fully saturated rings. The Morgan fingerprint density at radius 3 is 2.63 bits per heavy atom. The molecule has 2 nitrogen and oxygen atoms in total. The zero-order valence-electron chi connectivity index (χ0n) is 12.8. The topological polar surface area (TPSA) is 21.3 Å². The number of rotatable bonds is 6. The van der Waals surface area contributed by atoms with Gasteiger partial charge in [-0.25, -0.2) is 0 Å². The first-order chi connectivity index (χ1) is 9.10. The SMILES string of the molecule is CCC1(CNC(C)c2cc(C)ccc2OC)CCC1. The lowest BCUT2D eigenvalue weighted by atomic mass is 9.67. The van der Waals surface area contributed by atoms with Crippen molar-refractivity contribution in [2.45, 2.75) is 52.5 Å². The van der Waals surface area contributed by atoms with Gasteiger partial charge >= 0.3 is 0 Å². The molecule has 0 aromatic heterocycles. The van der Waals surface area contributed by atoms with Crippen LogP contribution in [0.1, 0.15) is 56.7 Å². The van der Waals surface area contributed by atoms with Crippen molar-refractivity contribution in [1.82, 2.24) is 5.32 Å². The fourth-order valence-electron chi connectivity index (χ4n) is 3.00. The Labute approximate surface area is 117 Å². The minimum atomic E-state index is 0.346. The molecule has 0 spiro atoms. The number of ether oxygens (including phenoxy) is 1. The van der Waals surface area contributed by atoms with E-state index in [1.54, 1.807) is 7.11 Å². The van der Waals surface area contributed by atoms with E-state index in [1.165, 1.54) is 36.8 Å². The van der Waals surface area contributed by atoms with Gasteiger partial charge in [-0.3, -0.25) is 0 Å². The Balaban J connectivity index is 2.03. The second-order valence-corrected chi connectivity index (χ2v) is 6.06. The molecule has 1 atom stereocenters. The van der Waals surface area contributed by atoms with Gasteiger partial charge in [0, 0.05) is 18.2 Å². The van der Waals surface area contributed by atoms with E-state index >= 15 is 0 Å². The van der Waals surface area contributed by atoms with Crippen molar-refractivity contribution in [2.75, 3.05) is 13.7 Å². The van der Waals surface area contributed by atoms with Crippen LogP contribution in [-0.4, -0.2) is 13.7 Å². The maximum atomic E-state index is 5.48. The summed E-state index contributed by atoms with van der Waals surface area (Å²) in [6.07, 6.45) is 5.46. The van der Waals surface area contributed by atoms with Gasteiger partial charge in [0.1, 0.15) is 5.75 Å². The number of aryl methyl sites for hydroxylation is 1. The number of hydrogen-bond acceptors (Lipinski definition) is 2. The van der Waals surface area contributed by atoms with Crippen molar-refractivity contribution in [3.05, 3.63) is 29.3 Å². The molecule has 2 rings (SSSR count). The fraction of sp³-hybridized carbons (Fsp3) is 0.647. The highest BCUT2D eigenvalue weighted by Gasteiger charge is 2.35. The van der Waals surface area contributed by atoms with Crippen LogP contribution in [0.2, 0.25) is 0 Å². The largest absolute Gasteiger partial charge is 0.496 e. The van der Waals surface area contributed by atoms with E-state index in [2.05, 4.69) is 44.3 Å². The molecule has 1 unspecified atom stereocenters. The molecular weight excluding hydrogens is 234 g/mol. The van der Waals surface area contributed by atoms with Gasteiger partial charge in [0.25, 0.3) is 0 Å². The highest BCUT2D eigenvalue weighted by atomic mass is 16.5. The first-order valence-corrected chi connectivity index (χ1v) is 7.48. The zero-order valence-corrected chi connectivity index (χ0v) is 12.8. The summed E-state index contributed by atoms with van der Waals surface area (Å²) in [5.41, 5.74) is 3.12. The Hall–Kier alpha value is -1.02. The summed E-state index contributed by atoms with van der Waals surface area (Å²) >= 11 is 0. The van der Waals surface area contributed by atoms with E-state index in [4.69, 9.17) is 4.74 Å². The molecule has 106 valence electrons. The number of nitrogens with one attached hydrogen (secondary N) is 1. The normalized spacial score (nSPS) is 18.7. The molecule has 1 N–H and O–H groups in total. The maximum Gasteiger partial charge on any atom is 0.123 e. The fourth-order valence-corrected chi connectivity index (χ4v) is 3.00. The average molecular weight is 261 g/mol. The molecular formula is C17H27NO. The van der Waals surface area contributed by atoms with Crippen LogP contribution >= 0.6 is 0 Å². The van der Waals surface area contributed by atoms with Crippen LogP contribution in [0.25, 0.3) is 0 Å². The second-order valence-electron chi connectivity index (χ2n) is 6.06. The van der Waals surface area contributed by atoms with E-state index in [0.717, 1.165) is 12.3 Å². The molecule has 0 aliphatic heterocycles. The maximum absolute atomic E-state index is 5.48. The highest BCUT2D eigenvalue weighted by Crippen LogP contribution is 2.43. The van der Waals surface area contributed by atoms with Crippen LogP contribution in [0, 0.1) is 12.3 Å². The van der Waals surface area contributed by atoms with Crippen molar-refractivity contribution in [2.24, 2.45) is 5.41 Å². The van der Waals surface area contributed by atoms with Gasteiger partial charge in [0.05, 0.1) is 7.11 Å². The summed E-state index contributed by atoms with van der Waals surface area (Å²) in [6.45, 7) is 7.81. The molecule has 0 amide bonds. The summed E-state index contributed by atoms with van der Waals surface area (Å²) in [7, 11) is 1.75. The third-order valence-corrected chi connectivity index (χ3v) is 4.80. The molecule has 0 radical (unpaired) electrons. The standard InChI is InChI=1S/C17H27NO/c1-5-17(9-6-10-17)12-18-14(3)15-11-13(2)7-8-16(15)19-4/h7-8,11,14,18H,5-6,9-10,12H2,1-4H3. The molecule has 2 heteroatoms. The van der Waals surface area contributed by atoms with Gasteiger partial charge in [-0.05, 0) is 44.6 Å². The number of methoxy groups -OCH3 is 1. The second kappa shape index (κ2) is 5.96. The molecule has 1 aliphatic carbocycles. The molecule has 0 bridgehead atoms. The molecule has 0 saturated heterocycles. The molecule has 1 aromatic rings. The first-order valence-electron chi connectivity index (χ1n) is 7.48. The lowest BCUT2D eigenvalue weighted by molar-refractivity contribution is 0.120. The third-order valence-electron chi connectivity index (χ3n) is 4.80. The molecule has 1 saturated carbocycles. The summed E-state index contributed by atoms with van der Waals surface area (Å²) in [6, 6.07) is 6.76. The quantitative estimate of drug-likeness (QED) is 0.827. The van der Waals surface area contributed by atoms with Crippen molar-refractivity contribution >= 4 is 0 Å². The first kappa shape index (κ1) is 14.4. The van der Waals surface area contributed by atoms with Crippen LogP contribution in [0.3, 0.4) is 0 Å². The smallest absolute Gasteiger partial charge is 0.123 e. The Morgan fingerprint density at radius 2 is 2.11 bits per heavy atom. The van der Waals surface area contributed by atoms with Crippen molar-refractivity contribution in [1.29, 1.82) is 0 Å². The molecule has 1 aliphatic rings. The summed E-state index contributed by atoms with van der Waals surface area (Å²) < 4.78 is 5.48. The third kappa shape index (κ3) is 3.11. The van der Waals surface area contributed by atoms with Gasteiger partial charge in [-0.1, -0.05) is 31.0 Å². The minimum Gasteiger partial charge on any atom is -0.496 e. The van der Waals surface area contributed by atoms with Gasteiger partial charge < -0.3 is 10.1 Å². The van der Waals surface area contributed by atoms with Gasteiger partial charge in [0.2, 0.25) is 0 Å². The summed E-state index contributed by atoms with van der Waals surface area (Å²) in [4.78, 5) is 0. The average Bonchev–Trinajstić information content (AvgIpc) is 2.37. The van der Waals surface area contributed by atoms with Gasteiger partial charge in [-0.2, -0.15) is 0 Å². The van der Waals surface area contributed by atoms with Gasteiger partial charge in [-0.15, -0.1) is 0 Å². The van der Waals surface area contributed by atoms with Crippen LogP contribution < -0.4 is 10.1 Å². The van der Waals surface area contributed by atoms with Crippen molar-refractivity contribution < 1.29 is 4.74 Å². The van der Waals surface area contributed by atoms with Crippen LogP contribution in [0.5, 0.6) is 5.75 Å². The van der Waals surface area contributed by atoms with Crippen LogP contribution in [0.4, 0.5) is 0 Å². The summed E-state index contributed by atoms with van der Waals surface area (Å²) in [5.74, 6) is 0.991. The molecule has 19 heavy (non-hydrogen) atoms. The Kier molecular flexibility index (Phi) is 4.51. The Bertz CT molecular complexity index is 418. The molecule has 1 aromatic carbocycles. The summed E-state index contributed by atoms with van der Waals surface area (Å²) in [5, 5.41) is 3.71. The number of benzene rings is 1. The monoisotopic (exact) mass is 261 g/mol. The van der Waals surface area contributed by atoms with E-state index in [1.807, 2.05) is 0 Å². The lowest BCUT2D eigenvalue weighted by Gasteiger charge is -2.42. The number of hydrogen-bond donors (Lipinski definition) is 1.